The Hall–Kier alpha value is -5.96. The molecule has 3 fully saturated rings. The van der Waals surface area contributed by atoms with Crippen LogP contribution >= 0.6 is 23.2 Å². The number of nitrogens with zero attached hydrogens (tertiary/aromatic N) is 3. The van der Waals surface area contributed by atoms with Gasteiger partial charge in [0, 0.05) is 22.6 Å². The van der Waals surface area contributed by atoms with Crippen LogP contribution in [0.4, 0.5) is 36.1 Å². The molecule has 11 nitrogen and oxygen atoms in total. The topological polar surface area (TPSA) is 145 Å². The molecule has 1 saturated carbocycles. The molecule has 0 radical (unpaired) electrons. The summed E-state index contributed by atoms with van der Waals surface area (Å²) in [6.45, 7) is -0.475. The van der Waals surface area contributed by atoms with Gasteiger partial charge in [-0.2, -0.15) is 18.2 Å². The van der Waals surface area contributed by atoms with Crippen molar-refractivity contribution in [1.29, 1.82) is 0 Å². The van der Waals surface area contributed by atoms with Crippen LogP contribution in [-0.4, -0.2) is 38.7 Å². The van der Waals surface area contributed by atoms with E-state index in [0.29, 0.717) is 39.1 Å². The number of imide groups is 2. The first-order chi connectivity index (χ1) is 28.3. The van der Waals surface area contributed by atoms with Crippen molar-refractivity contribution in [3.8, 4) is 0 Å². The summed E-state index contributed by atoms with van der Waals surface area (Å²) in [5.41, 5.74) is 2.63. The summed E-state index contributed by atoms with van der Waals surface area (Å²) < 4.78 is 46.7. The molecule has 2 aromatic heterocycles. The van der Waals surface area contributed by atoms with Gasteiger partial charge in [-0.25, -0.2) is 4.98 Å². The second-order valence-corrected chi connectivity index (χ2v) is 15.8. The number of hydrogen-bond acceptors (Lipinski definition) is 9. The lowest BCUT2D eigenvalue weighted by molar-refractivity contribution is -0.139. The second-order valence-electron chi connectivity index (χ2n) is 14.9. The zero-order valence-electron chi connectivity index (χ0n) is 30.6. The van der Waals surface area contributed by atoms with Gasteiger partial charge in [-0.1, -0.05) is 65.2 Å². The maximum Gasteiger partial charge on any atom is 0.417 e. The van der Waals surface area contributed by atoms with Crippen LogP contribution in [0.1, 0.15) is 41.4 Å². The van der Waals surface area contributed by atoms with Crippen molar-refractivity contribution in [3.05, 3.63) is 148 Å². The minimum atomic E-state index is -4.76. The van der Waals surface area contributed by atoms with E-state index in [2.05, 4.69) is 15.7 Å². The molecule has 16 heteroatoms. The van der Waals surface area contributed by atoms with Gasteiger partial charge in [-0.05, 0) is 91.1 Å². The summed E-state index contributed by atoms with van der Waals surface area (Å²) >= 11 is 12.6. The fourth-order valence-corrected chi connectivity index (χ4v) is 9.70. The minimum absolute atomic E-state index is 0.0661. The Morgan fingerprint density at radius 1 is 0.864 bits per heavy atom. The predicted octanol–water partition coefficient (Wildman–Crippen LogP) is 8.43. The van der Waals surface area contributed by atoms with Crippen molar-refractivity contribution in [2.45, 2.75) is 37.0 Å². The molecular formula is C43H32Cl2F3N5O6. The van der Waals surface area contributed by atoms with Crippen LogP contribution in [0.5, 0.6) is 0 Å². The van der Waals surface area contributed by atoms with Gasteiger partial charge in [0.15, 0.2) is 5.82 Å². The van der Waals surface area contributed by atoms with Gasteiger partial charge in [0.05, 0.1) is 39.9 Å². The number of aliphatic hydroxyl groups is 1. The summed E-state index contributed by atoms with van der Waals surface area (Å²) in [6, 6.07) is 26.5. The number of aliphatic hydroxyl groups excluding tert-OH is 1. The van der Waals surface area contributed by atoms with Crippen molar-refractivity contribution >= 4 is 69.7 Å². The first kappa shape index (κ1) is 38.6. The quantitative estimate of drug-likeness (QED) is 0.104. The number of alkyl halides is 3. The standard InChI is InChI=1S/C43H32Cl2F3N5O6/c44-24-8-6-22(7-9-24)42-32(39(56)53(41(42)58)51-37-33(45)18-23(20-49-37)43(46,47)48)19-31-29(36(42)34-17-14-28(21-54)59-34)15-16-30-35(31)40(57)52(38(30)55)27-12-10-26(11-13-27)50-25-4-2-1-3-5-25/h1-15,17-18,20,30-32,35-36,50,54H,16,19,21H2,(H,49,51). The number of anilines is 4. The van der Waals surface area contributed by atoms with Crippen molar-refractivity contribution in [2.75, 3.05) is 15.6 Å². The van der Waals surface area contributed by atoms with Crippen LogP contribution < -0.4 is 15.6 Å². The lowest BCUT2D eigenvalue weighted by atomic mass is 9.50. The van der Waals surface area contributed by atoms with E-state index in [0.717, 1.165) is 11.4 Å². The molecule has 2 aliphatic carbocycles. The van der Waals surface area contributed by atoms with Gasteiger partial charge < -0.3 is 14.8 Å². The molecule has 0 spiro atoms. The third-order valence-corrected chi connectivity index (χ3v) is 12.4. The Bertz CT molecular complexity index is 2550. The molecule has 4 aliphatic rings. The molecule has 4 heterocycles. The molecule has 300 valence electrons. The SMILES string of the molecule is O=C1C2CC3C(=CCC4C(=O)N(c5ccc(Nc6ccccc6)cc5)C(=O)C43)C(c3ccc(CO)o3)C2(c2ccc(Cl)cc2)C(=O)N1Nc1ncc(C(F)(F)F)cc1Cl. The average molecular weight is 843 g/mol. The molecule has 3 aromatic carbocycles. The fourth-order valence-electron chi connectivity index (χ4n) is 9.36. The summed E-state index contributed by atoms with van der Waals surface area (Å²) in [6.07, 6.45) is -2.31. The minimum Gasteiger partial charge on any atom is -0.463 e. The van der Waals surface area contributed by atoms with Gasteiger partial charge in [0.2, 0.25) is 11.8 Å². The van der Waals surface area contributed by atoms with Gasteiger partial charge in [-0.15, -0.1) is 0 Å². The smallest absolute Gasteiger partial charge is 0.417 e. The third-order valence-electron chi connectivity index (χ3n) is 11.9. The van der Waals surface area contributed by atoms with Crippen LogP contribution in [0, 0.1) is 23.7 Å². The highest BCUT2D eigenvalue weighted by atomic mass is 35.5. The zero-order chi connectivity index (χ0) is 41.4. The number of rotatable bonds is 8. The molecule has 4 amide bonds. The first-order valence-electron chi connectivity index (χ1n) is 18.6. The van der Waals surface area contributed by atoms with Gasteiger partial charge in [0.25, 0.3) is 11.8 Å². The average Bonchev–Trinajstić information content (AvgIpc) is 3.86. The molecule has 5 aromatic rings. The van der Waals surface area contributed by atoms with Crippen molar-refractivity contribution in [3.63, 3.8) is 0 Å². The molecular weight excluding hydrogens is 810 g/mol. The number of furan rings is 1. The summed E-state index contributed by atoms with van der Waals surface area (Å²) in [5, 5.41) is 13.9. The fraction of sp³-hybridized carbons (Fsp3) is 0.233. The number of allylic oxidation sites excluding steroid dienone is 2. The van der Waals surface area contributed by atoms with E-state index in [1.165, 1.54) is 4.90 Å². The number of para-hydroxylation sites is 1. The Kier molecular flexibility index (Phi) is 9.41. The van der Waals surface area contributed by atoms with Gasteiger partial charge >= 0.3 is 6.18 Å². The first-order valence-corrected chi connectivity index (χ1v) is 19.4. The monoisotopic (exact) mass is 841 g/mol. The third kappa shape index (κ3) is 6.19. The van der Waals surface area contributed by atoms with E-state index >= 15 is 4.79 Å². The number of aromatic nitrogens is 1. The Morgan fingerprint density at radius 3 is 2.24 bits per heavy atom. The number of fused-ring (bicyclic) bond motifs is 4. The summed E-state index contributed by atoms with van der Waals surface area (Å²) in [4.78, 5) is 64.0. The Labute approximate surface area is 344 Å². The van der Waals surface area contributed by atoms with E-state index < -0.39 is 82.0 Å². The van der Waals surface area contributed by atoms with E-state index in [1.807, 2.05) is 36.4 Å². The van der Waals surface area contributed by atoms with Gasteiger partial charge in [-0.3, -0.25) is 29.5 Å². The number of benzene rings is 3. The largest absolute Gasteiger partial charge is 0.463 e. The lowest BCUT2D eigenvalue weighted by Gasteiger charge is -2.49. The number of carbonyl (C=O) groups excluding carboxylic acids is 4. The molecule has 2 saturated heterocycles. The van der Waals surface area contributed by atoms with E-state index in [4.69, 9.17) is 27.6 Å². The number of nitrogens with one attached hydrogen (secondary N) is 2. The zero-order valence-corrected chi connectivity index (χ0v) is 32.1. The highest BCUT2D eigenvalue weighted by Crippen LogP contribution is 2.64. The van der Waals surface area contributed by atoms with E-state index in [-0.39, 0.29) is 30.2 Å². The van der Waals surface area contributed by atoms with Crippen molar-refractivity contribution in [2.24, 2.45) is 23.7 Å². The number of halogens is 5. The highest BCUT2D eigenvalue weighted by molar-refractivity contribution is 6.33. The van der Waals surface area contributed by atoms with Crippen LogP contribution in [0.3, 0.4) is 0 Å². The molecule has 6 unspecified atom stereocenters. The maximum atomic E-state index is 15.3. The normalized spacial score (nSPS) is 25.1. The van der Waals surface area contributed by atoms with Crippen molar-refractivity contribution < 1.29 is 41.9 Å². The number of hydrogen-bond donors (Lipinski definition) is 3. The van der Waals surface area contributed by atoms with Crippen molar-refractivity contribution in [1.82, 2.24) is 9.99 Å². The molecule has 9 rings (SSSR count). The second kappa shape index (κ2) is 14.4. The molecule has 59 heavy (non-hydrogen) atoms. The number of carbonyl (C=O) groups is 4. The van der Waals surface area contributed by atoms with Crippen LogP contribution in [0.2, 0.25) is 10.0 Å². The van der Waals surface area contributed by atoms with Crippen LogP contribution in [0.25, 0.3) is 0 Å². The molecule has 2 aliphatic heterocycles. The number of hydrazine groups is 1. The van der Waals surface area contributed by atoms with Crippen LogP contribution in [0.15, 0.2) is 119 Å². The Morgan fingerprint density at radius 2 is 1.58 bits per heavy atom. The molecule has 3 N–H and O–H groups in total. The number of amides is 4. The predicted molar refractivity (Wildman–Crippen MR) is 210 cm³/mol. The molecule has 0 bridgehead atoms. The molecule has 6 atom stereocenters. The Balaban J connectivity index is 1.14. The van der Waals surface area contributed by atoms with E-state index in [1.54, 1.807) is 60.7 Å². The lowest BCUT2D eigenvalue weighted by Crippen LogP contribution is -2.53. The summed E-state index contributed by atoms with van der Waals surface area (Å²) in [5.74, 6) is -7.11. The van der Waals surface area contributed by atoms with Gasteiger partial charge in [0.1, 0.15) is 23.5 Å². The van der Waals surface area contributed by atoms with E-state index in [9.17, 15) is 32.7 Å². The number of pyridine rings is 1. The maximum absolute atomic E-state index is 15.3. The highest BCUT2D eigenvalue weighted by Gasteiger charge is 2.71. The summed E-state index contributed by atoms with van der Waals surface area (Å²) in [7, 11) is 0. The van der Waals surface area contributed by atoms with Crippen LogP contribution in [-0.2, 0) is 37.4 Å².